The Morgan fingerprint density at radius 2 is 1.88 bits per heavy atom. The van der Waals surface area contributed by atoms with Crippen LogP contribution in [0.25, 0.3) is 0 Å². The van der Waals surface area contributed by atoms with E-state index in [9.17, 15) is 4.79 Å². The minimum atomic E-state index is -0.162. The van der Waals surface area contributed by atoms with E-state index in [1.807, 2.05) is 54.6 Å². The van der Waals surface area contributed by atoms with Gasteiger partial charge in [-0.3, -0.25) is 4.79 Å². The Labute approximate surface area is 152 Å². The number of carbonyl (C=O) groups excluding carboxylic acids is 1. The van der Waals surface area contributed by atoms with Gasteiger partial charge < -0.3 is 15.0 Å². The number of hydrogen-bond donors (Lipinski definition) is 1. The fourth-order valence-corrected chi connectivity index (χ4v) is 2.52. The zero-order valence-corrected chi connectivity index (χ0v) is 14.7. The topological polar surface area (TPSA) is 67.3 Å². The van der Waals surface area contributed by atoms with Crippen LogP contribution < -0.4 is 10.1 Å². The second-order valence-electron chi connectivity index (χ2n) is 5.79. The van der Waals surface area contributed by atoms with Gasteiger partial charge in [-0.1, -0.05) is 36.4 Å². The second-order valence-corrected chi connectivity index (χ2v) is 5.79. The van der Waals surface area contributed by atoms with E-state index in [1.165, 1.54) is 6.33 Å². The van der Waals surface area contributed by atoms with Gasteiger partial charge in [-0.2, -0.15) is 0 Å². The summed E-state index contributed by atoms with van der Waals surface area (Å²) in [4.78, 5) is 22.6. The van der Waals surface area contributed by atoms with Gasteiger partial charge in [-0.25, -0.2) is 9.97 Å². The highest BCUT2D eigenvalue weighted by Gasteiger charge is 2.14. The monoisotopic (exact) mass is 348 g/mol. The van der Waals surface area contributed by atoms with Crippen LogP contribution in [0.5, 0.6) is 5.75 Å². The van der Waals surface area contributed by atoms with Crippen LogP contribution in [0, 0.1) is 0 Å². The fourth-order valence-electron chi connectivity index (χ4n) is 2.52. The number of aromatic nitrogens is 2. The molecule has 1 amide bonds. The maximum Gasteiger partial charge on any atom is 0.272 e. The van der Waals surface area contributed by atoms with Gasteiger partial charge in [0.1, 0.15) is 23.6 Å². The normalized spacial score (nSPS) is 10.2. The van der Waals surface area contributed by atoms with E-state index < -0.39 is 0 Å². The molecule has 0 saturated heterocycles. The highest BCUT2D eigenvalue weighted by Crippen LogP contribution is 2.20. The lowest BCUT2D eigenvalue weighted by atomic mass is 10.2. The number of anilines is 2. The van der Waals surface area contributed by atoms with Gasteiger partial charge in [0.05, 0.1) is 7.11 Å². The smallest absolute Gasteiger partial charge is 0.272 e. The molecule has 26 heavy (non-hydrogen) atoms. The van der Waals surface area contributed by atoms with Gasteiger partial charge in [0.25, 0.3) is 5.91 Å². The van der Waals surface area contributed by atoms with Crippen LogP contribution in [-0.4, -0.2) is 34.9 Å². The zero-order chi connectivity index (χ0) is 18.4. The van der Waals surface area contributed by atoms with Crippen molar-refractivity contribution in [1.29, 1.82) is 0 Å². The molecule has 1 N–H and O–H groups in total. The molecule has 132 valence electrons. The molecule has 0 bridgehead atoms. The quantitative estimate of drug-likeness (QED) is 0.738. The number of ether oxygens (including phenoxy) is 1. The third-order valence-electron chi connectivity index (χ3n) is 3.84. The maximum atomic E-state index is 12.6. The number of nitrogens with one attached hydrogen (secondary N) is 1. The van der Waals surface area contributed by atoms with Crippen molar-refractivity contribution < 1.29 is 9.53 Å². The highest BCUT2D eigenvalue weighted by atomic mass is 16.5. The summed E-state index contributed by atoms with van der Waals surface area (Å²) in [7, 11) is 3.37. The summed E-state index contributed by atoms with van der Waals surface area (Å²) < 4.78 is 5.21. The molecule has 0 spiro atoms. The molecular formula is C20H20N4O2. The molecule has 0 radical (unpaired) electrons. The lowest BCUT2D eigenvalue weighted by Crippen LogP contribution is -2.27. The summed E-state index contributed by atoms with van der Waals surface area (Å²) in [5, 5.41) is 3.16. The molecule has 6 nitrogen and oxygen atoms in total. The molecule has 0 fully saturated rings. The first-order valence-electron chi connectivity index (χ1n) is 8.18. The zero-order valence-electron chi connectivity index (χ0n) is 14.7. The predicted molar refractivity (Wildman–Crippen MR) is 101 cm³/mol. The van der Waals surface area contributed by atoms with Crippen LogP contribution in [0.15, 0.2) is 67.0 Å². The van der Waals surface area contributed by atoms with Gasteiger partial charge in [-0.05, 0) is 17.7 Å². The molecule has 2 aromatic carbocycles. The number of carbonyl (C=O) groups is 1. The standard InChI is InChI=1S/C20H20N4O2/c1-24(13-15-7-4-3-5-8-15)20(25)18-12-19(22-14-21-18)23-16-9-6-10-17(11-16)26-2/h3-12,14H,13H2,1-2H3,(H,21,22,23). The van der Waals surface area contributed by atoms with Crippen LogP contribution >= 0.6 is 0 Å². The molecular weight excluding hydrogens is 328 g/mol. The molecule has 6 heteroatoms. The van der Waals surface area contributed by atoms with E-state index >= 15 is 0 Å². The van der Waals surface area contributed by atoms with E-state index in [-0.39, 0.29) is 5.91 Å². The van der Waals surface area contributed by atoms with Gasteiger partial charge in [0.15, 0.2) is 0 Å². The van der Waals surface area contributed by atoms with Crippen LogP contribution in [0.1, 0.15) is 16.1 Å². The predicted octanol–water partition coefficient (Wildman–Crippen LogP) is 3.50. The first-order chi connectivity index (χ1) is 12.7. The summed E-state index contributed by atoms with van der Waals surface area (Å²) >= 11 is 0. The van der Waals surface area contributed by atoms with E-state index in [1.54, 1.807) is 25.1 Å². The Morgan fingerprint density at radius 1 is 1.08 bits per heavy atom. The molecule has 1 aromatic heterocycles. The first-order valence-corrected chi connectivity index (χ1v) is 8.18. The number of methoxy groups -OCH3 is 1. The number of amides is 1. The van der Waals surface area contributed by atoms with Crippen molar-refractivity contribution in [3.05, 3.63) is 78.2 Å². The average Bonchev–Trinajstić information content (AvgIpc) is 2.68. The molecule has 0 aliphatic heterocycles. The van der Waals surface area contributed by atoms with Crippen LogP contribution in [0.2, 0.25) is 0 Å². The van der Waals surface area contributed by atoms with E-state index in [0.29, 0.717) is 18.1 Å². The summed E-state index contributed by atoms with van der Waals surface area (Å²) in [6.07, 6.45) is 1.38. The summed E-state index contributed by atoms with van der Waals surface area (Å²) in [6, 6.07) is 19.0. The van der Waals surface area contributed by atoms with Crippen molar-refractivity contribution in [2.75, 3.05) is 19.5 Å². The van der Waals surface area contributed by atoms with Gasteiger partial charge in [0, 0.05) is 31.4 Å². The van der Waals surface area contributed by atoms with Crippen molar-refractivity contribution in [2.45, 2.75) is 6.54 Å². The van der Waals surface area contributed by atoms with Gasteiger partial charge >= 0.3 is 0 Å². The Balaban J connectivity index is 1.72. The summed E-state index contributed by atoms with van der Waals surface area (Å²) in [6.45, 7) is 0.516. The second kappa shape index (κ2) is 8.11. The number of nitrogens with zero attached hydrogens (tertiary/aromatic N) is 3. The SMILES string of the molecule is COc1cccc(Nc2cc(C(=O)N(C)Cc3ccccc3)ncn2)c1. The minimum Gasteiger partial charge on any atom is -0.497 e. The van der Waals surface area contributed by atoms with E-state index in [2.05, 4.69) is 15.3 Å². The Hall–Kier alpha value is -3.41. The van der Waals surface area contributed by atoms with Crippen molar-refractivity contribution in [2.24, 2.45) is 0 Å². The Morgan fingerprint density at radius 3 is 2.65 bits per heavy atom. The molecule has 3 rings (SSSR count). The van der Waals surface area contributed by atoms with E-state index in [0.717, 1.165) is 17.0 Å². The van der Waals surface area contributed by atoms with Crippen molar-refractivity contribution in [3.8, 4) is 5.75 Å². The highest BCUT2D eigenvalue weighted by molar-refractivity contribution is 5.92. The van der Waals surface area contributed by atoms with Gasteiger partial charge in [-0.15, -0.1) is 0 Å². The van der Waals surface area contributed by atoms with Crippen molar-refractivity contribution >= 4 is 17.4 Å². The molecule has 0 unspecified atom stereocenters. The third kappa shape index (κ3) is 4.36. The molecule has 1 heterocycles. The van der Waals surface area contributed by atoms with Gasteiger partial charge in [0.2, 0.25) is 0 Å². The molecule has 0 saturated carbocycles. The van der Waals surface area contributed by atoms with Crippen LogP contribution in [0.4, 0.5) is 11.5 Å². The Bertz CT molecular complexity index is 884. The molecule has 0 aliphatic carbocycles. The molecule has 0 atom stereocenters. The fraction of sp³-hybridized carbons (Fsp3) is 0.150. The van der Waals surface area contributed by atoms with E-state index in [4.69, 9.17) is 4.74 Å². The lowest BCUT2D eigenvalue weighted by molar-refractivity contribution is 0.0779. The number of rotatable bonds is 6. The Kier molecular flexibility index (Phi) is 5.43. The minimum absolute atomic E-state index is 0.162. The number of hydrogen-bond acceptors (Lipinski definition) is 5. The average molecular weight is 348 g/mol. The first kappa shape index (κ1) is 17.4. The van der Waals surface area contributed by atoms with Crippen molar-refractivity contribution in [3.63, 3.8) is 0 Å². The largest absolute Gasteiger partial charge is 0.497 e. The van der Waals surface area contributed by atoms with Crippen LogP contribution in [-0.2, 0) is 6.54 Å². The lowest BCUT2D eigenvalue weighted by Gasteiger charge is -2.17. The van der Waals surface area contributed by atoms with Crippen molar-refractivity contribution in [1.82, 2.24) is 14.9 Å². The maximum absolute atomic E-state index is 12.6. The van der Waals surface area contributed by atoms with Crippen LogP contribution in [0.3, 0.4) is 0 Å². The third-order valence-corrected chi connectivity index (χ3v) is 3.84. The number of benzene rings is 2. The summed E-state index contributed by atoms with van der Waals surface area (Å²) in [5.41, 5.74) is 2.22. The molecule has 3 aromatic rings. The summed E-state index contributed by atoms with van der Waals surface area (Å²) in [5.74, 6) is 1.12. The molecule has 0 aliphatic rings.